The van der Waals surface area contributed by atoms with E-state index < -0.39 is 29.4 Å². The second-order valence-corrected chi connectivity index (χ2v) is 5.86. The van der Waals surface area contributed by atoms with E-state index in [1.807, 2.05) is 0 Å². The van der Waals surface area contributed by atoms with Crippen molar-refractivity contribution in [1.29, 1.82) is 0 Å². The summed E-state index contributed by atoms with van der Waals surface area (Å²) in [4.78, 5) is 11.0. The lowest BCUT2D eigenvalue weighted by Gasteiger charge is -2.28. The molecule has 0 amide bonds. The fourth-order valence-corrected chi connectivity index (χ4v) is 2.00. The van der Waals surface area contributed by atoms with Crippen LogP contribution in [0.2, 0.25) is 0 Å². The van der Waals surface area contributed by atoms with Crippen molar-refractivity contribution in [3.8, 4) is 11.5 Å². The van der Waals surface area contributed by atoms with Gasteiger partial charge in [0.2, 0.25) is 6.10 Å². The zero-order valence-electron chi connectivity index (χ0n) is 12.2. The molecule has 1 aliphatic heterocycles. The highest BCUT2D eigenvalue weighted by atomic mass is 19.4. The lowest BCUT2D eigenvalue weighted by molar-refractivity contribution is -0.187. The summed E-state index contributed by atoms with van der Waals surface area (Å²) < 4.78 is 49.3. The van der Waals surface area contributed by atoms with Crippen molar-refractivity contribution >= 4 is 12.0 Å². The van der Waals surface area contributed by atoms with Crippen molar-refractivity contribution in [2.24, 2.45) is 0 Å². The van der Waals surface area contributed by atoms with Crippen LogP contribution in [0.3, 0.4) is 0 Å². The van der Waals surface area contributed by atoms with Crippen LogP contribution in [-0.4, -0.2) is 29.0 Å². The number of hydrogen-bond acceptors (Lipinski definition) is 3. The van der Waals surface area contributed by atoms with Crippen LogP contribution in [0.4, 0.5) is 13.2 Å². The molecular formula is C15H15F3O4. The van der Waals surface area contributed by atoms with E-state index in [0.29, 0.717) is 5.75 Å². The van der Waals surface area contributed by atoms with Gasteiger partial charge in [-0.15, -0.1) is 0 Å². The highest BCUT2D eigenvalue weighted by molar-refractivity contribution is 5.95. The van der Waals surface area contributed by atoms with Gasteiger partial charge in [0.05, 0.1) is 5.57 Å². The molecule has 0 radical (unpaired) electrons. The molecule has 1 aromatic carbocycles. The van der Waals surface area contributed by atoms with E-state index in [4.69, 9.17) is 14.6 Å². The smallest absolute Gasteiger partial charge is 0.430 e. The maximum atomic E-state index is 13.0. The van der Waals surface area contributed by atoms with E-state index >= 15 is 0 Å². The number of fused-ring (bicyclic) bond motifs is 1. The molecule has 4 nitrogen and oxygen atoms in total. The second-order valence-electron chi connectivity index (χ2n) is 5.86. The average molecular weight is 316 g/mol. The highest BCUT2D eigenvalue weighted by Gasteiger charge is 2.48. The van der Waals surface area contributed by atoms with Crippen molar-refractivity contribution in [3.63, 3.8) is 0 Å². The van der Waals surface area contributed by atoms with Gasteiger partial charge in [-0.25, -0.2) is 4.79 Å². The molecule has 0 bridgehead atoms. The molecular weight excluding hydrogens is 301 g/mol. The lowest BCUT2D eigenvalue weighted by Crippen LogP contribution is -2.40. The van der Waals surface area contributed by atoms with Crippen LogP contribution in [0.5, 0.6) is 11.5 Å². The average Bonchev–Trinajstić information content (AvgIpc) is 2.33. The first-order valence-electron chi connectivity index (χ1n) is 6.49. The number of carboxylic acid groups (broad SMARTS) is 1. The van der Waals surface area contributed by atoms with Crippen LogP contribution >= 0.6 is 0 Å². The maximum absolute atomic E-state index is 13.0. The molecule has 1 aliphatic rings. The van der Waals surface area contributed by atoms with Crippen LogP contribution in [0, 0.1) is 0 Å². The van der Waals surface area contributed by atoms with Crippen LogP contribution in [0.15, 0.2) is 23.8 Å². The number of ether oxygens (including phenoxy) is 2. The molecule has 1 atom stereocenters. The van der Waals surface area contributed by atoms with Gasteiger partial charge in [-0.05, 0) is 39.0 Å². The first-order chi connectivity index (χ1) is 9.97. The summed E-state index contributed by atoms with van der Waals surface area (Å²) in [5, 5.41) is 8.93. The predicted octanol–water partition coefficient (Wildman–Crippen LogP) is 3.66. The van der Waals surface area contributed by atoms with Crippen LogP contribution < -0.4 is 9.47 Å². The summed E-state index contributed by atoms with van der Waals surface area (Å²) in [5.74, 6) is -1.38. The Morgan fingerprint density at radius 1 is 1.27 bits per heavy atom. The van der Waals surface area contributed by atoms with Crippen molar-refractivity contribution < 1.29 is 32.5 Å². The SMILES string of the molecule is CC(C)(C)Oc1ccc2c(c1)OC(C(F)(F)F)C(C(=O)O)=C2. The van der Waals surface area contributed by atoms with E-state index in [1.165, 1.54) is 12.1 Å². The Balaban J connectivity index is 2.43. The summed E-state index contributed by atoms with van der Waals surface area (Å²) in [5.41, 5.74) is -1.10. The minimum absolute atomic E-state index is 0.0610. The zero-order chi connectivity index (χ0) is 16.7. The Labute approximate surface area is 125 Å². The number of benzene rings is 1. The summed E-state index contributed by atoms with van der Waals surface area (Å²) in [7, 11) is 0. The Kier molecular flexibility index (Phi) is 3.85. The number of alkyl halides is 3. The topological polar surface area (TPSA) is 55.8 Å². The molecule has 1 aromatic rings. The summed E-state index contributed by atoms with van der Waals surface area (Å²) in [6, 6.07) is 4.34. The van der Waals surface area contributed by atoms with Gasteiger partial charge < -0.3 is 14.6 Å². The quantitative estimate of drug-likeness (QED) is 0.905. The summed E-state index contributed by atoms with van der Waals surface area (Å²) in [6.07, 6.45) is -6.34. The molecule has 1 heterocycles. The first kappa shape index (κ1) is 16.2. The zero-order valence-corrected chi connectivity index (χ0v) is 12.2. The predicted molar refractivity (Wildman–Crippen MR) is 72.9 cm³/mol. The van der Waals surface area contributed by atoms with Gasteiger partial charge in [0.25, 0.3) is 0 Å². The third-order valence-electron chi connectivity index (χ3n) is 2.79. The van der Waals surface area contributed by atoms with Gasteiger partial charge in [-0.2, -0.15) is 13.2 Å². The van der Waals surface area contributed by atoms with Crippen LogP contribution in [-0.2, 0) is 4.79 Å². The number of carbonyl (C=O) groups is 1. The normalized spacial score (nSPS) is 18.1. The Morgan fingerprint density at radius 3 is 2.41 bits per heavy atom. The molecule has 120 valence electrons. The van der Waals surface area contributed by atoms with Gasteiger partial charge in [0.15, 0.2) is 0 Å². The summed E-state index contributed by atoms with van der Waals surface area (Å²) >= 11 is 0. The molecule has 1 unspecified atom stereocenters. The summed E-state index contributed by atoms with van der Waals surface area (Å²) in [6.45, 7) is 5.40. The first-order valence-corrected chi connectivity index (χ1v) is 6.49. The van der Waals surface area contributed by atoms with E-state index in [0.717, 1.165) is 6.08 Å². The van der Waals surface area contributed by atoms with Gasteiger partial charge in [0, 0.05) is 11.6 Å². The van der Waals surface area contributed by atoms with E-state index in [9.17, 15) is 18.0 Å². The number of halogens is 3. The largest absolute Gasteiger partial charge is 0.488 e. The fraction of sp³-hybridized carbons (Fsp3) is 0.400. The Hall–Kier alpha value is -2.18. The van der Waals surface area contributed by atoms with E-state index in [1.54, 1.807) is 26.8 Å². The number of aliphatic carboxylic acids is 1. The molecule has 2 rings (SSSR count). The van der Waals surface area contributed by atoms with E-state index in [2.05, 4.69) is 0 Å². The highest BCUT2D eigenvalue weighted by Crippen LogP contribution is 2.39. The molecule has 0 saturated carbocycles. The molecule has 7 heteroatoms. The molecule has 0 aromatic heterocycles. The van der Waals surface area contributed by atoms with Gasteiger partial charge >= 0.3 is 12.1 Å². The van der Waals surface area contributed by atoms with Gasteiger partial charge in [-0.1, -0.05) is 0 Å². The molecule has 22 heavy (non-hydrogen) atoms. The molecule has 1 N–H and O–H groups in total. The number of hydrogen-bond donors (Lipinski definition) is 1. The number of rotatable bonds is 2. The van der Waals surface area contributed by atoms with Crippen molar-refractivity contribution in [1.82, 2.24) is 0 Å². The van der Waals surface area contributed by atoms with Gasteiger partial charge in [0.1, 0.15) is 17.1 Å². The van der Waals surface area contributed by atoms with Gasteiger partial charge in [-0.3, -0.25) is 0 Å². The fourth-order valence-electron chi connectivity index (χ4n) is 2.00. The third-order valence-corrected chi connectivity index (χ3v) is 2.79. The van der Waals surface area contributed by atoms with Crippen molar-refractivity contribution in [3.05, 3.63) is 29.3 Å². The minimum Gasteiger partial charge on any atom is -0.488 e. The minimum atomic E-state index is -4.82. The van der Waals surface area contributed by atoms with Crippen molar-refractivity contribution in [2.45, 2.75) is 38.7 Å². The van der Waals surface area contributed by atoms with Crippen molar-refractivity contribution in [2.75, 3.05) is 0 Å². The molecule has 0 aliphatic carbocycles. The maximum Gasteiger partial charge on any atom is 0.430 e. The van der Waals surface area contributed by atoms with Crippen LogP contribution in [0.1, 0.15) is 26.3 Å². The standard InChI is InChI=1S/C15H15F3O4/c1-14(2,3)22-9-5-4-8-6-10(13(19)20)12(15(16,17)18)21-11(8)7-9/h4-7,12H,1-3H3,(H,19,20). The Bertz CT molecular complexity index is 627. The molecule has 0 saturated heterocycles. The molecule has 0 fully saturated rings. The lowest BCUT2D eigenvalue weighted by atomic mass is 10.0. The molecule has 0 spiro atoms. The monoisotopic (exact) mass is 316 g/mol. The second kappa shape index (κ2) is 5.23. The Morgan fingerprint density at radius 2 is 1.91 bits per heavy atom. The van der Waals surface area contributed by atoms with E-state index in [-0.39, 0.29) is 11.3 Å². The van der Waals surface area contributed by atoms with Crippen LogP contribution in [0.25, 0.3) is 6.08 Å². The third kappa shape index (κ3) is 3.52. The number of carboxylic acids is 1.